The molecule has 0 spiro atoms. The van der Waals surface area contributed by atoms with E-state index in [9.17, 15) is 9.18 Å². The lowest BCUT2D eigenvalue weighted by Crippen LogP contribution is -2.23. The summed E-state index contributed by atoms with van der Waals surface area (Å²) in [5.74, 6) is -0.276. The topological polar surface area (TPSA) is 47.8 Å². The van der Waals surface area contributed by atoms with E-state index >= 15 is 0 Å². The van der Waals surface area contributed by atoms with Crippen molar-refractivity contribution < 1.29 is 4.39 Å². The van der Waals surface area contributed by atoms with Gasteiger partial charge in [-0.1, -0.05) is 6.07 Å². The molecule has 7 heteroatoms. The molecule has 24 heavy (non-hydrogen) atoms. The van der Waals surface area contributed by atoms with Crippen LogP contribution in [0.2, 0.25) is 0 Å². The molecule has 3 aromatic heterocycles. The maximum atomic E-state index is 13.2. The minimum absolute atomic E-state index is 0.108. The van der Waals surface area contributed by atoms with Crippen molar-refractivity contribution in [3.63, 3.8) is 0 Å². The van der Waals surface area contributed by atoms with Crippen molar-refractivity contribution in [2.45, 2.75) is 13.0 Å². The van der Waals surface area contributed by atoms with Crippen LogP contribution in [0.4, 0.5) is 4.39 Å². The summed E-state index contributed by atoms with van der Waals surface area (Å²) >= 11 is 4.90. The first-order valence-corrected chi connectivity index (χ1v) is 8.97. The molecule has 4 nitrogen and oxygen atoms in total. The second kappa shape index (κ2) is 6.07. The highest BCUT2D eigenvalue weighted by Gasteiger charge is 2.10. The van der Waals surface area contributed by atoms with Gasteiger partial charge >= 0.3 is 0 Å². The largest absolute Gasteiger partial charge is 0.276 e. The summed E-state index contributed by atoms with van der Waals surface area (Å²) in [5, 5.41) is 7.54. The standard InChI is InChI=1S/C17H11BrFN3OS/c18-13-9-24-15-8-20-22(17(23)16(13)15)6-5-12-3-1-10-7-11(19)2-4-14(10)21-12/h1-4,7-9H,5-6H2. The SMILES string of the molecule is O=c1c2c(Br)csc2cnn1CCc1ccc2cc(F)ccc2n1. The van der Waals surface area contributed by atoms with Crippen molar-refractivity contribution in [3.05, 3.63) is 68.2 Å². The van der Waals surface area contributed by atoms with Crippen molar-refractivity contribution in [2.75, 3.05) is 0 Å². The van der Waals surface area contributed by atoms with Crippen molar-refractivity contribution in [1.82, 2.24) is 14.8 Å². The number of fused-ring (bicyclic) bond motifs is 2. The summed E-state index contributed by atoms with van der Waals surface area (Å²) < 4.78 is 16.3. The lowest BCUT2D eigenvalue weighted by atomic mass is 10.2. The van der Waals surface area contributed by atoms with E-state index < -0.39 is 0 Å². The lowest BCUT2D eigenvalue weighted by molar-refractivity contribution is 0.580. The molecule has 0 amide bonds. The number of hydrogen-bond donors (Lipinski definition) is 0. The minimum atomic E-state index is -0.276. The number of thiophene rings is 1. The van der Waals surface area contributed by atoms with Gasteiger partial charge in [0, 0.05) is 27.4 Å². The molecule has 3 heterocycles. The Kier molecular flexibility index (Phi) is 3.90. The van der Waals surface area contributed by atoms with Crippen LogP contribution in [-0.4, -0.2) is 14.8 Å². The van der Waals surface area contributed by atoms with Gasteiger partial charge in [-0.15, -0.1) is 11.3 Å². The van der Waals surface area contributed by atoms with E-state index in [4.69, 9.17) is 0 Å². The number of benzene rings is 1. The number of nitrogens with zero attached hydrogens (tertiary/aromatic N) is 3. The normalized spacial score (nSPS) is 11.4. The number of pyridine rings is 1. The van der Waals surface area contributed by atoms with Gasteiger partial charge in [0.1, 0.15) is 5.82 Å². The second-order valence-electron chi connectivity index (χ2n) is 5.39. The molecule has 0 saturated carbocycles. The third-order valence-corrected chi connectivity index (χ3v) is 5.67. The second-order valence-corrected chi connectivity index (χ2v) is 7.15. The highest BCUT2D eigenvalue weighted by atomic mass is 79.9. The number of rotatable bonds is 3. The molecule has 0 aliphatic carbocycles. The third kappa shape index (κ3) is 2.74. The summed E-state index contributed by atoms with van der Waals surface area (Å²) in [6.45, 7) is 0.441. The summed E-state index contributed by atoms with van der Waals surface area (Å²) in [5.41, 5.74) is 1.47. The zero-order chi connectivity index (χ0) is 16.7. The first-order chi connectivity index (χ1) is 11.6. The van der Waals surface area contributed by atoms with Crippen molar-refractivity contribution in [3.8, 4) is 0 Å². The monoisotopic (exact) mass is 403 g/mol. The Morgan fingerprint density at radius 3 is 3.00 bits per heavy atom. The van der Waals surface area contributed by atoms with Gasteiger partial charge in [0.05, 0.1) is 28.3 Å². The van der Waals surface area contributed by atoms with Gasteiger partial charge in [-0.2, -0.15) is 5.10 Å². The van der Waals surface area contributed by atoms with Crippen LogP contribution in [-0.2, 0) is 13.0 Å². The Hall–Kier alpha value is -2.12. The first kappa shape index (κ1) is 15.4. The molecule has 0 atom stereocenters. The van der Waals surface area contributed by atoms with Gasteiger partial charge in [0.15, 0.2) is 0 Å². The van der Waals surface area contributed by atoms with Crippen molar-refractivity contribution in [1.29, 1.82) is 0 Å². The molecule has 120 valence electrons. The molecule has 0 saturated heterocycles. The highest BCUT2D eigenvalue weighted by molar-refractivity contribution is 9.10. The Morgan fingerprint density at radius 1 is 1.25 bits per heavy atom. The molecule has 1 aromatic carbocycles. The van der Waals surface area contributed by atoms with Gasteiger partial charge in [-0.25, -0.2) is 9.07 Å². The summed E-state index contributed by atoms with van der Waals surface area (Å²) in [6.07, 6.45) is 2.29. The Labute approximate surface area is 148 Å². The number of aryl methyl sites for hydroxylation is 2. The molecule has 0 aliphatic rings. The predicted octanol–water partition coefficient (Wildman–Crippen LogP) is 4.15. The van der Waals surface area contributed by atoms with E-state index in [1.54, 1.807) is 12.3 Å². The molecule has 0 radical (unpaired) electrons. The van der Waals surface area contributed by atoms with E-state index in [0.717, 1.165) is 25.8 Å². The Bertz CT molecular complexity index is 1120. The van der Waals surface area contributed by atoms with Gasteiger partial charge in [0.25, 0.3) is 5.56 Å². The average Bonchev–Trinajstić information content (AvgIpc) is 2.96. The quantitative estimate of drug-likeness (QED) is 0.516. The molecule has 0 bridgehead atoms. The molecule has 0 aliphatic heterocycles. The fraction of sp³-hybridized carbons (Fsp3) is 0.118. The predicted molar refractivity (Wildman–Crippen MR) is 97.0 cm³/mol. The van der Waals surface area contributed by atoms with Crippen LogP contribution < -0.4 is 5.56 Å². The summed E-state index contributed by atoms with van der Waals surface area (Å²) in [6, 6.07) is 8.21. The molecule has 4 rings (SSSR count). The van der Waals surface area contributed by atoms with Gasteiger partial charge in [-0.3, -0.25) is 9.78 Å². The Morgan fingerprint density at radius 2 is 2.12 bits per heavy atom. The average molecular weight is 404 g/mol. The van der Waals surface area contributed by atoms with Crippen LogP contribution in [0.25, 0.3) is 21.0 Å². The molecular weight excluding hydrogens is 393 g/mol. The van der Waals surface area contributed by atoms with Gasteiger partial charge in [-0.05, 0) is 40.2 Å². The number of hydrogen-bond acceptors (Lipinski definition) is 4. The summed E-state index contributed by atoms with van der Waals surface area (Å²) in [4.78, 5) is 17.0. The van der Waals surface area contributed by atoms with Crippen LogP contribution in [0.1, 0.15) is 5.69 Å². The van der Waals surface area contributed by atoms with Gasteiger partial charge in [0.2, 0.25) is 0 Å². The van der Waals surface area contributed by atoms with Crippen LogP contribution in [0, 0.1) is 5.82 Å². The molecular formula is C17H11BrFN3OS. The van der Waals surface area contributed by atoms with E-state index in [1.807, 2.05) is 17.5 Å². The van der Waals surface area contributed by atoms with E-state index in [0.29, 0.717) is 18.4 Å². The maximum Gasteiger partial charge on any atom is 0.276 e. The first-order valence-electron chi connectivity index (χ1n) is 7.30. The smallest absolute Gasteiger partial charge is 0.267 e. The highest BCUT2D eigenvalue weighted by Crippen LogP contribution is 2.26. The zero-order valence-electron chi connectivity index (χ0n) is 12.4. The van der Waals surface area contributed by atoms with E-state index in [2.05, 4.69) is 26.0 Å². The summed E-state index contributed by atoms with van der Waals surface area (Å²) in [7, 11) is 0. The fourth-order valence-corrected chi connectivity index (χ4v) is 4.18. The Balaban J connectivity index is 1.63. The van der Waals surface area contributed by atoms with Gasteiger partial charge < -0.3 is 0 Å². The number of halogens is 2. The lowest BCUT2D eigenvalue weighted by Gasteiger charge is -2.06. The van der Waals surface area contributed by atoms with Crippen molar-refractivity contribution >= 4 is 48.3 Å². The van der Waals surface area contributed by atoms with E-state index in [1.165, 1.54) is 28.2 Å². The van der Waals surface area contributed by atoms with Crippen molar-refractivity contribution in [2.24, 2.45) is 0 Å². The van der Waals surface area contributed by atoms with Crippen LogP contribution in [0.15, 0.2) is 51.2 Å². The molecule has 4 aromatic rings. The molecule has 0 N–H and O–H groups in total. The molecule has 0 fully saturated rings. The van der Waals surface area contributed by atoms with E-state index in [-0.39, 0.29) is 11.4 Å². The zero-order valence-corrected chi connectivity index (χ0v) is 14.8. The number of aromatic nitrogens is 3. The van der Waals surface area contributed by atoms with Crippen LogP contribution >= 0.6 is 27.3 Å². The molecule has 0 unspecified atom stereocenters. The van der Waals surface area contributed by atoms with Crippen LogP contribution in [0.3, 0.4) is 0 Å². The maximum absolute atomic E-state index is 13.2. The third-order valence-electron chi connectivity index (χ3n) is 3.83. The minimum Gasteiger partial charge on any atom is -0.267 e. The fourth-order valence-electron chi connectivity index (χ4n) is 2.61. The van der Waals surface area contributed by atoms with Crippen LogP contribution in [0.5, 0.6) is 0 Å².